The van der Waals surface area contributed by atoms with Gasteiger partial charge in [-0.25, -0.2) is 4.98 Å². The summed E-state index contributed by atoms with van der Waals surface area (Å²) in [5.41, 5.74) is 5.59. The van der Waals surface area contributed by atoms with Gasteiger partial charge in [-0.1, -0.05) is 11.6 Å². The van der Waals surface area contributed by atoms with Crippen molar-refractivity contribution in [3.8, 4) is 6.07 Å². The van der Waals surface area contributed by atoms with E-state index in [0.717, 1.165) is 12.3 Å². The maximum atomic E-state index is 12.6. The second kappa shape index (κ2) is 6.97. The van der Waals surface area contributed by atoms with E-state index in [0.29, 0.717) is 30.6 Å². The second-order valence-electron chi connectivity index (χ2n) is 5.13. The van der Waals surface area contributed by atoms with E-state index < -0.39 is 11.7 Å². The summed E-state index contributed by atoms with van der Waals surface area (Å²) in [4.78, 5) is 5.44. The lowest BCUT2D eigenvalue weighted by Crippen LogP contribution is -2.21. The number of pyridine rings is 1. The minimum Gasteiger partial charge on any atom is -0.381 e. The highest BCUT2D eigenvalue weighted by Gasteiger charge is 2.31. The predicted octanol–water partition coefficient (Wildman–Crippen LogP) is 3.00. The largest absolute Gasteiger partial charge is 0.417 e. The van der Waals surface area contributed by atoms with E-state index in [1.165, 1.54) is 0 Å². The van der Waals surface area contributed by atoms with Crippen molar-refractivity contribution < 1.29 is 13.2 Å². The van der Waals surface area contributed by atoms with Gasteiger partial charge in [-0.15, -0.1) is 0 Å². The zero-order valence-electron chi connectivity index (χ0n) is 12.7. The highest BCUT2D eigenvalue weighted by atomic mass is 35.5. The summed E-state index contributed by atoms with van der Waals surface area (Å²) in [5, 5.41) is 15.4. The summed E-state index contributed by atoms with van der Waals surface area (Å²) < 4.78 is 37.8. The monoisotopic (exact) mass is 358 g/mol. The van der Waals surface area contributed by atoms with Crippen molar-refractivity contribution in [3.05, 3.63) is 34.1 Å². The Morgan fingerprint density at radius 2 is 2.17 bits per heavy atom. The lowest BCUT2D eigenvalue weighted by atomic mass is 10.1. The number of alkyl halides is 3. The molecule has 0 radical (unpaired) electrons. The van der Waals surface area contributed by atoms with Crippen LogP contribution in [0, 0.1) is 11.3 Å². The number of nitrogen functional groups attached to an aromatic ring is 1. The van der Waals surface area contributed by atoms with Crippen LogP contribution in [0.1, 0.15) is 23.2 Å². The first kappa shape index (κ1) is 17.9. The van der Waals surface area contributed by atoms with Crippen LogP contribution in [0.25, 0.3) is 0 Å². The molecule has 0 spiro atoms. The van der Waals surface area contributed by atoms with Gasteiger partial charge >= 0.3 is 6.18 Å². The number of nitrogens with two attached hydrogens (primary N) is 1. The fourth-order valence-electron chi connectivity index (χ4n) is 2.17. The van der Waals surface area contributed by atoms with Gasteiger partial charge < -0.3 is 10.6 Å². The Balaban J connectivity index is 2.00. The molecule has 0 saturated carbocycles. The molecule has 0 fully saturated rings. The summed E-state index contributed by atoms with van der Waals surface area (Å²) >= 11 is 5.90. The Bertz CT molecular complexity index is 765. The SMILES string of the molecule is CN(CCCc1[nH]nc(N)c1C#N)c1ncc(C(F)(F)F)cc1Cl. The van der Waals surface area contributed by atoms with Gasteiger partial charge in [0.05, 0.1) is 16.3 Å². The molecule has 10 heteroatoms. The van der Waals surface area contributed by atoms with Crippen LogP contribution in [0.4, 0.5) is 24.8 Å². The van der Waals surface area contributed by atoms with Crippen molar-refractivity contribution >= 4 is 23.2 Å². The van der Waals surface area contributed by atoms with Crippen LogP contribution in [0.2, 0.25) is 5.02 Å². The number of nitrogens with one attached hydrogen (secondary N) is 1. The topological polar surface area (TPSA) is 94.6 Å². The van der Waals surface area contributed by atoms with Gasteiger partial charge in [-0.2, -0.15) is 23.5 Å². The third-order valence-corrected chi connectivity index (χ3v) is 3.69. The normalized spacial score (nSPS) is 11.3. The van der Waals surface area contributed by atoms with Crippen LogP contribution in [0.15, 0.2) is 12.3 Å². The van der Waals surface area contributed by atoms with Crippen molar-refractivity contribution in [2.24, 2.45) is 0 Å². The molecule has 0 aromatic carbocycles. The molecule has 2 rings (SSSR count). The van der Waals surface area contributed by atoms with Crippen LogP contribution in [0.5, 0.6) is 0 Å². The van der Waals surface area contributed by atoms with Crippen LogP contribution >= 0.6 is 11.6 Å². The minimum atomic E-state index is -4.48. The molecule has 0 aliphatic carbocycles. The smallest absolute Gasteiger partial charge is 0.381 e. The molecule has 0 bridgehead atoms. The highest BCUT2D eigenvalue weighted by molar-refractivity contribution is 6.33. The average Bonchev–Trinajstić information content (AvgIpc) is 2.86. The third-order valence-electron chi connectivity index (χ3n) is 3.41. The standard InChI is InChI=1S/C14H14ClF3N6/c1-24(4-2-3-11-9(6-19)12(20)23-22-11)13-10(15)5-8(7-21-13)14(16,17)18/h5,7H,2-4H2,1H3,(H3,20,22,23). The van der Waals surface area contributed by atoms with Gasteiger partial charge in [0.2, 0.25) is 0 Å². The molecule has 6 nitrogen and oxygen atoms in total. The quantitative estimate of drug-likeness (QED) is 0.856. The molecule has 0 aliphatic rings. The fraction of sp³-hybridized carbons (Fsp3) is 0.357. The number of rotatable bonds is 5. The van der Waals surface area contributed by atoms with E-state index in [1.54, 1.807) is 11.9 Å². The average molecular weight is 359 g/mol. The van der Waals surface area contributed by atoms with Gasteiger partial charge in [-0.05, 0) is 18.9 Å². The van der Waals surface area contributed by atoms with Crippen LogP contribution < -0.4 is 10.6 Å². The van der Waals surface area contributed by atoms with Crippen molar-refractivity contribution in [2.45, 2.75) is 19.0 Å². The van der Waals surface area contributed by atoms with Gasteiger partial charge in [0.1, 0.15) is 17.5 Å². The summed E-state index contributed by atoms with van der Waals surface area (Å²) in [6.07, 6.45) is -2.62. The van der Waals surface area contributed by atoms with Crippen molar-refractivity contribution in [3.63, 3.8) is 0 Å². The Morgan fingerprint density at radius 1 is 1.46 bits per heavy atom. The summed E-state index contributed by atoms with van der Waals surface area (Å²) in [5.74, 6) is 0.405. The maximum absolute atomic E-state index is 12.6. The number of aromatic nitrogens is 3. The summed E-state index contributed by atoms with van der Waals surface area (Å²) in [6, 6.07) is 2.82. The van der Waals surface area contributed by atoms with E-state index in [1.807, 2.05) is 6.07 Å². The first-order valence-corrected chi connectivity index (χ1v) is 7.28. The van der Waals surface area contributed by atoms with Crippen molar-refractivity contribution in [1.82, 2.24) is 15.2 Å². The molecule has 2 aromatic rings. The Kier molecular flexibility index (Phi) is 5.19. The van der Waals surface area contributed by atoms with E-state index in [2.05, 4.69) is 15.2 Å². The number of hydrogen-bond acceptors (Lipinski definition) is 5. The molecule has 0 saturated heterocycles. The van der Waals surface area contributed by atoms with Gasteiger partial charge in [0.15, 0.2) is 5.82 Å². The van der Waals surface area contributed by atoms with Crippen molar-refractivity contribution in [2.75, 3.05) is 24.2 Å². The van der Waals surface area contributed by atoms with Gasteiger partial charge in [0, 0.05) is 19.8 Å². The number of nitriles is 1. The first-order chi connectivity index (χ1) is 11.2. The van der Waals surface area contributed by atoms with Crippen LogP contribution in [-0.2, 0) is 12.6 Å². The number of nitrogens with zero attached hydrogens (tertiary/aromatic N) is 4. The lowest BCUT2D eigenvalue weighted by Gasteiger charge is -2.20. The Labute approximate surface area is 141 Å². The number of H-pyrrole nitrogens is 1. The predicted molar refractivity (Wildman–Crippen MR) is 83.6 cm³/mol. The Morgan fingerprint density at radius 3 is 2.75 bits per heavy atom. The molecule has 2 heterocycles. The van der Waals surface area contributed by atoms with E-state index >= 15 is 0 Å². The molecule has 0 aliphatic heterocycles. The summed E-state index contributed by atoms with van der Waals surface area (Å²) in [6.45, 7) is 0.474. The first-order valence-electron chi connectivity index (χ1n) is 6.90. The zero-order valence-corrected chi connectivity index (χ0v) is 13.4. The van der Waals surface area contributed by atoms with E-state index in [4.69, 9.17) is 22.6 Å². The molecule has 3 N–H and O–H groups in total. The Hall–Kier alpha value is -2.47. The number of aromatic amines is 1. The van der Waals surface area contributed by atoms with Gasteiger partial charge in [-0.3, -0.25) is 5.10 Å². The maximum Gasteiger partial charge on any atom is 0.417 e. The molecule has 2 aromatic heterocycles. The van der Waals surface area contributed by atoms with Gasteiger partial charge in [0.25, 0.3) is 0 Å². The molecule has 0 unspecified atom stereocenters. The number of hydrogen-bond donors (Lipinski definition) is 2. The molecular weight excluding hydrogens is 345 g/mol. The lowest BCUT2D eigenvalue weighted by molar-refractivity contribution is -0.137. The minimum absolute atomic E-state index is 0.0733. The molecule has 24 heavy (non-hydrogen) atoms. The molecule has 0 atom stereocenters. The molecule has 128 valence electrons. The van der Waals surface area contributed by atoms with Crippen LogP contribution in [0.3, 0.4) is 0 Å². The number of anilines is 2. The molecule has 0 amide bonds. The number of halogens is 4. The zero-order chi connectivity index (χ0) is 17.9. The second-order valence-corrected chi connectivity index (χ2v) is 5.53. The number of aryl methyl sites for hydroxylation is 1. The van der Waals surface area contributed by atoms with E-state index in [-0.39, 0.29) is 16.7 Å². The fourth-order valence-corrected chi connectivity index (χ4v) is 2.48. The van der Waals surface area contributed by atoms with E-state index in [9.17, 15) is 13.2 Å². The third kappa shape index (κ3) is 3.89. The summed E-state index contributed by atoms with van der Waals surface area (Å²) in [7, 11) is 1.67. The van der Waals surface area contributed by atoms with Crippen molar-refractivity contribution in [1.29, 1.82) is 5.26 Å². The highest BCUT2D eigenvalue weighted by Crippen LogP contribution is 2.33. The molecular formula is C14H14ClF3N6. The van der Waals surface area contributed by atoms with Crippen LogP contribution in [-0.4, -0.2) is 28.8 Å².